The second-order valence-corrected chi connectivity index (χ2v) is 5.52. The van der Waals surface area contributed by atoms with Crippen molar-refractivity contribution in [1.29, 1.82) is 0 Å². The van der Waals surface area contributed by atoms with Crippen LogP contribution in [-0.4, -0.2) is 16.5 Å². The molecule has 0 aliphatic heterocycles. The van der Waals surface area contributed by atoms with E-state index in [1.54, 1.807) is 0 Å². The molecule has 1 aromatic heterocycles. The predicted octanol–water partition coefficient (Wildman–Crippen LogP) is 3.97. The Bertz CT molecular complexity index is 387. The van der Waals surface area contributed by atoms with E-state index >= 15 is 0 Å². The highest BCUT2D eigenvalue weighted by Crippen LogP contribution is 2.16. The molecule has 0 aliphatic carbocycles. The molecule has 0 spiro atoms. The highest BCUT2D eigenvalue weighted by molar-refractivity contribution is 9.10. The Labute approximate surface area is 118 Å². The third-order valence-corrected chi connectivity index (χ3v) is 3.46. The molecule has 18 heavy (non-hydrogen) atoms. The molecule has 0 saturated heterocycles. The monoisotopic (exact) mass is 314 g/mol. The first-order valence-electron chi connectivity index (χ1n) is 6.78. The number of hydrogen-bond donors (Lipinski definition) is 1. The van der Waals surface area contributed by atoms with E-state index in [1.165, 1.54) is 0 Å². The Morgan fingerprint density at radius 2 is 2.11 bits per heavy atom. The van der Waals surface area contributed by atoms with Gasteiger partial charge in [-0.1, -0.05) is 27.2 Å². The summed E-state index contributed by atoms with van der Waals surface area (Å²) in [5.74, 6) is 0.0365. The zero-order valence-corrected chi connectivity index (χ0v) is 13.1. The number of nitrogens with one attached hydrogen (secondary N) is 1. The number of aromatic nitrogens is 1. The van der Waals surface area contributed by atoms with Gasteiger partial charge in [0.15, 0.2) is 0 Å². The standard InChI is InChI=1S/C14H23BrN2O/c1-4-7-12(6-3)16-14(18)13-9-11(15)10-17(13)8-5-2/h9-10,12H,4-8H2,1-3H3,(H,16,18). The first-order chi connectivity index (χ1) is 8.62. The summed E-state index contributed by atoms with van der Waals surface area (Å²) in [6.07, 6.45) is 6.11. The number of halogens is 1. The fraction of sp³-hybridized carbons (Fsp3) is 0.643. The SMILES string of the molecule is CCCC(CC)NC(=O)c1cc(Br)cn1CCC. The fourth-order valence-electron chi connectivity index (χ4n) is 2.08. The van der Waals surface area contributed by atoms with Crippen LogP contribution in [0.2, 0.25) is 0 Å². The molecule has 1 amide bonds. The lowest BCUT2D eigenvalue weighted by Crippen LogP contribution is -2.35. The van der Waals surface area contributed by atoms with Crippen molar-refractivity contribution in [2.45, 2.75) is 59.0 Å². The average Bonchev–Trinajstić information content (AvgIpc) is 2.70. The number of carbonyl (C=O) groups excluding carboxylic acids is 1. The molecular formula is C14H23BrN2O. The second kappa shape index (κ2) is 7.62. The van der Waals surface area contributed by atoms with Gasteiger partial charge in [0.1, 0.15) is 5.69 Å². The number of amides is 1. The van der Waals surface area contributed by atoms with Gasteiger partial charge in [-0.3, -0.25) is 4.79 Å². The summed E-state index contributed by atoms with van der Waals surface area (Å²) < 4.78 is 2.97. The molecule has 1 rings (SSSR count). The maximum atomic E-state index is 12.2. The number of rotatable bonds is 7. The summed E-state index contributed by atoms with van der Waals surface area (Å²) in [6, 6.07) is 2.18. The van der Waals surface area contributed by atoms with Gasteiger partial charge in [0, 0.05) is 23.3 Å². The van der Waals surface area contributed by atoms with Crippen LogP contribution in [-0.2, 0) is 6.54 Å². The summed E-state index contributed by atoms with van der Waals surface area (Å²) in [4.78, 5) is 12.2. The van der Waals surface area contributed by atoms with Gasteiger partial charge < -0.3 is 9.88 Å². The smallest absolute Gasteiger partial charge is 0.268 e. The molecule has 102 valence electrons. The molecule has 1 heterocycles. The van der Waals surface area contributed by atoms with Crippen LogP contribution in [0.3, 0.4) is 0 Å². The summed E-state index contributed by atoms with van der Waals surface area (Å²) in [6.45, 7) is 7.24. The maximum Gasteiger partial charge on any atom is 0.268 e. The van der Waals surface area contributed by atoms with Gasteiger partial charge >= 0.3 is 0 Å². The second-order valence-electron chi connectivity index (χ2n) is 4.60. The number of nitrogens with zero attached hydrogens (tertiary/aromatic N) is 1. The van der Waals surface area contributed by atoms with E-state index in [-0.39, 0.29) is 11.9 Å². The van der Waals surface area contributed by atoms with Crippen molar-refractivity contribution in [2.24, 2.45) is 0 Å². The molecule has 1 aromatic rings. The van der Waals surface area contributed by atoms with Crippen LogP contribution >= 0.6 is 15.9 Å². The summed E-state index contributed by atoms with van der Waals surface area (Å²) >= 11 is 3.43. The first kappa shape index (κ1) is 15.3. The Balaban J connectivity index is 2.76. The van der Waals surface area contributed by atoms with Crippen molar-refractivity contribution in [3.05, 3.63) is 22.4 Å². The van der Waals surface area contributed by atoms with Crippen LogP contribution in [0.5, 0.6) is 0 Å². The van der Waals surface area contributed by atoms with E-state index in [0.717, 1.165) is 42.4 Å². The third-order valence-electron chi connectivity index (χ3n) is 3.03. The van der Waals surface area contributed by atoms with Crippen molar-refractivity contribution in [2.75, 3.05) is 0 Å². The lowest BCUT2D eigenvalue weighted by Gasteiger charge is -2.16. The molecule has 0 fully saturated rings. The molecule has 0 aliphatic rings. The minimum atomic E-state index is 0.0365. The normalized spacial score (nSPS) is 12.4. The van der Waals surface area contributed by atoms with Crippen LogP contribution < -0.4 is 5.32 Å². The lowest BCUT2D eigenvalue weighted by atomic mass is 10.1. The summed E-state index contributed by atoms with van der Waals surface area (Å²) in [7, 11) is 0. The van der Waals surface area contributed by atoms with Crippen molar-refractivity contribution < 1.29 is 4.79 Å². The van der Waals surface area contributed by atoms with E-state index < -0.39 is 0 Å². The van der Waals surface area contributed by atoms with Crippen LogP contribution in [0.4, 0.5) is 0 Å². The van der Waals surface area contributed by atoms with Gasteiger partial charge in [-0.25, -0.2) is 0 Å². The number of carbonyl (C=O) groups is 1. The van der Waals surface area contributed by atoms with Crippen molar-refractivity contribution in [1.82, 2.24) is 9.88 Å². The Hall–Kier alpha value is -0.770. The van der Waals surface area contributed by atoms with Gasteiger partial charge in [-0.15, -0.1) is 0 Å². The summed E-state index contributed by atoms with van der Waals surface area (Å²) in [5, 5.41) is 3.12. The Morgan fingerprint density at radius 3 is 2.67 bits per heavy atom. The highest BCUT2D eigenvalue weighted by atomic mass is 79.9. The average molecular weight is 315 g/mol. The maximum absolute atomic E-state index is 12.2. The van der Waals surface area contributed by atoms with Gasteiger partial charge in [-0.2, -0.15) is 0 Å². The van der Waals surface area contributed by atoms with Crippen LogP contribution in [0.15, 0.2) is 16.7 Å². The molecule has 0 aromatic carbocycles. The molecule has 4 heteroatoms. The highest BCUT2D eigenvalue weighted by Gasteiger charge is 2.15. The molecule has 0 radical (unpaired) electrons. The zero-order chi connectivity index (χ0) is 13.5. The lowest BCUT2D eigenvalue weighted by molar-refractivity contribution is 0.0924. The van der Waals surface area contributed by atoms with Gasteiger partial charge in [0.25, 0.3) is 5.91 Å². The van der Waals surface area contributed by atoms with Crippen molar-refractivity contribution in [3.63, 3.8) is 0 Å². The Morgan fingerprint density at radius 1 is 1.39 bits per heavy atom. The molecule has 1 unspecified atom stereocenters. The number of aryl methyl sites for hydroxylation is 1. The van der Waals surface area contributed by atoms with Crippen LogP contribution in [0.25, 0.3) is 0 Å². The molecule has 1 atom stereocenters. The van der Waals surface area contributed by atoms with E-state index in [0.29, 0.717) is 0 Å². The number of hydrogen-bond acceptors (Lipinski definition) is 1. The predicted molar refractivity (Wildman–Crippen MR) is 78.9 cm³/mol. The van der Waals surface area contributed by atoms with Crippen LogP contribution in [0.1, 0.15) is 56.9 Å². The molecule has 1 N–H and O–H groups in total. The zero-order valence-electron chi connectivity index (χ0n) is 11.5. The minimum absolute atomic E-state index is 0.0365. The first-order valence-corrected chi connectivity index (χ1v) is 7.58. The quantitative estimate of drug-likeness (QED) is 0.811. The molecule has 0 saturated carbocycles. The molecule has 3 nitrogen and oxygen atoms in total. The van der Waals surface area contributed by atoms with Crippen molar-refractivity contribution in [3.8, 4) is 0 Å². The van der Waals surface area contributed by atoms with E-state index in [2.05, 4.69) is 42.0 Å². The molecular weight excluding hydrogens is 292 g/mol. The topological polar surface area (TPSA) is 34.0 Å². The van der Waals surface area contributed by atoms with Gasteiger partial charge in [0.2, 0.25) is 0 Å². The molecule has 0 bridgehead atoms. The van der Waals surface area contributed by atoms with E-state index in [9.17, 15) is 4.79 Å². The van der Waals surface area contributed by atoms with Gasteiger partial charge in [-0.05, 0) is 41.3 Å². The summed E-state index contributed by atoms with van der Waals surface area (Å²) in [5.41, 5.74) is 0.748. The Kier molecular flexibility index (Phi) is 6.47. The largest absolute Gasteiger partial charge is 0.348 e. The third kappa shape index (κ3) is 4.16. The van der Waals surface area contributed by atoms with E-state index in [4.69, 9.17) is 0 Å². The van der Waals surface area contributed by atoms with Crippen molar-refractivity contribution >= 4 is 21.8 Å². The van der Waals surface area contributed by atoms with Gasteiger partial charge in [0.05, 0.1) is 0 Å². The van der Waals surface area contributed by atoms with E-state index in [1.807, 2.05) is 16.8 Å². The minimum Gasteiger partial charge on any atom is -0.348 e. The fourth-order valence-corrected chi connectivity index (χ4v) is 2.54. The van der Waals surface area contributed by atoms with Crippen LogP contribution in [0, 0.1) is 0 Å².